The molecular weight excluding hydrogens is 260 g/mol. The van der Waals surface area contributed by atoms with Crippen molar-refractivity contribution in [2.24, 2.45) is 5.92 Å². The molecule has 4 heteroatoms. The Morgan fingerprint density at radius 1 is 1.26 bits per heavy atom. The molecule has 1 aromatic rings. The zero-order valence-electron chi connectivity index (χ0n) is 12.4. The highest BCUT2D eigenvalue weighted by Crippen LogP contribution is 2.20. The molecule has 1 N–H and O–H groups in total. The average molecular weight is 285 g/mol. The van der Waals surface area contributed by atoms with Crippen LogP contribution in [0.1, 0.15) is 31.0 Å². The Morgan fingerprint density at radius 3 is 2.26 bits per heavy atom. The Bertz CT molecular complexity index is 392. The predicted octanol–water partition coefficient (Wildman–Crippen LogP) is 2.79. The number of aryl methyl sites for hydroxylation is 1. The average Bonchev–Trinajstić information content (AvgIpc) is 2.37. The van der Waals surface area contributed by atoms with Gasteiger partial charge in [0.25, 0.3) is 0 Å². The van der Waals surface area contributed by atoms with Crippen molar-refractivity contribution in [3.05, 3.63) is 35.4 Å². The lowest BCUT2D eigenvalue weighted by atomic mass is 10.0. The van der Waals surface area contributed by atoms with Crippen molar-refractivity contribution in [1.29, 1.82) is 0 Å². The molecule has 0 spiro atoms. The normalized spacial score (nSPS) is 13.3. The molecule has 108 valence electrons. The standard InChI is InChI=1S/C15H24N2O.ClH/c1-11-6-8-14(9-7-11)13(3)17(5)15(18)12(2)10-16-4;/h6-9,12-13,16H,10H2,1-5H3;1H. The van der Waals surface area contributed by atoms with Crippen LogP contribution in [0.25, 0.3) is 0 Å². The topological polar surface area (TPSA) is 32.3 Å². The van der Waals surface area contributed by atoms with Gasteiger partial charge in [-0.3, -0.25) is 4.79 Å². The number of hydrogen-bond donors (Lipinski definition) is 1. The van der Waals surface area contributed by atoms with Gasteiger partial charge < -0.3 is 10.2 Å². The second-order valence-corrected chi connectivity index (χ2v) is 4.99. The predicted molar refractivity (Wildman–Crippen MR) is 82.7 cm³/mol. The number of hydrogen-bond acceptors (Lipinski definition) is 2. The molecule has 0 saturated carbocycles. The van der Waals surface area contributed by atoms with E-state index < -0.39 is 0 Å². The Balaban J connectivity index is 0.00000324. The molecule has 3 nitrogen and oxygen atoms in total. The van der Waals surface area contributed by atoms with Crippen LogP contribution in [0.3, 0.4) is 0 Å². The van der Waals surface area contributed by atoms with Crippen molar-refractivity contribution >= 4 is 18.3 Å². The molecular formula is C15H25ClN2O. The van der Waals surface area contributed by atoms with Crippen molar-refractivity contribution in [3.63, 3.8) is 0 Å². The number of carbonyl (C=O) groups excluding carboxylic acids is 1. The minimum atomic E-state index is 0. The second-order valence-electron chi connectivity index (χ2n) is 4.99. The molecule has 0 heterocycles. The van der Waals surface area contributed by atoms with Crippen molar-refractivity contribution in [2.45, 2.75) is 26.8 Å². The smallest absolute Gasteiger partial charge is 0.226 e. The summed E-state index contributed by atoms with van der Waals surface area (Å²) in [7, 11) is 3.74. The number of amides is 1. The van der Waals surface area contributed by atoms with Crippen LogP contribution < -0.4 is 5.32 Å². The van der Waals surface area contributed by atoms with Gasteiger partial charge in [0.15, 0.2) is 0 Å². The zero-order valence-corrected chi connectivity index (χ0v) is 13.3. The van der Waals surface area contributed by atoms with Gasteiger partial charge in [0, 0.05) is 19.5 Å². The summed E-state index contributed by atoms with van der Waals surface area (Å²) >= 11 is 0. The molecule has 0 aliphatic rings. The van der Waals surface area contributed by atoms with Crippen LogP contribution in [0.4, 0.5) is 0 Å². The highest BCUT2D eigenvalue weighted by molar-refractivity contribution is 5.85. The largest absolute Gasteiger partial charge is 0.339 e. The van der Waals surface area contributed by atoms with E-state index in [1.165, 1.54) is 11.1 Å². The van der Waals surface area contributed by atoms with Gasteiger partial charge >= 0.3 is 0 Å². The number of rotatable bonds is 5. The van der Waals surface area contributed by atoms with E-state index in [1.807, 2.05) is 25.9 Å². The van der Waals surface area contributed by atoms with Crippen LogP contribution in [-0.4, -0.2) is 31.4 Å². The molecule has 0 aromatic heterocycles. The molecule has 0 aliphatic heterocycles. The molecule has 1 aromatic carbocycles. The monoisotopic (exact) mass is 284 g/mol. The molecule has 0 saturated heterocycles. The van der Waals surface area contributed by atoms with Gasteiger partial charge in [-0.2, -0.15) is 0 Å². The Morgan fingerprint density at radius 2 is 1.79 bits per heavy atom. The van der Waals surface area contributed by atoms with E-state index in [0.29, 0.717) is 6.54 Å². The summed E-state index contributed by atoms with van der Waals surface area (Å²) in [5, 5.41) is 3.04. The first-order valence-corrected chi connectivity index (χ1v) is 6.45. The van der Waals surface area contributed by atoms with Crippen molar-refractivity contribution in [2.75, 3.05) is 20.6 Å². The van der Waals surface area contributed by atoms with Crippen LogP contribution in [0.15, 0.2) is 24.3 Å². The van der Waals surface area contributed by atoms with Gasteiger partial charge in [-0.25, -0.2) is 0 Å². The van der Waals surface area contributed by atoms with Gasteiger partial charge in [-0.05, 0) is 26.5 Å². The van der Waals surface area contributed by atoms with Crippen molar-refractivity contribution in [3.8, 4) is 0 Å². The lowest BCUT2D eigenvalue weighted by Crippen LogP contribution is -2.37. The fraction of sp³-hybridized carbons (Fsp3) is 0.533. The highest BCUT2D eigenvalue weighted by Gasteiger charge is 2.21. The fourth-order valence-corrected chi connectivity index (χ4v) is 2.00. The molecule has 19 heavy (non-hydrogen) atoms. The summed E-state index contributed by atoms with van der Waals surface area (Å²) in [5.41, 5.74) is 2.41. The van der Waals surface area contributed by atoms with Crippen molar-refractivity contribution < 1.29 is 4.79 Å². The Hall–Kier alpha value is -1.06. The summed E-state index contributed by atoms with van der Waals surface area (Å²) < 4.78 is 0. The number of nitrogens with one attached hydrogen (secondary N) is 1. The molecule has 2 atom stereocenters. The first-order valence-electron chi connectivity index (χ1n) is 6.45. The van der Waals surface area contributed by atoms with Gasteiger partial charge in [0.1, 0.15) is 0 Å². The molecule has 0 fully saturated rings. The molecule has 0 aliphatic carbocycles. The summed E-state index contributed by atoms with van der Waals surface area (Å²) in [5.74, 6) is 0.185. The van der Waals surface area contributed by atoms with E-state index in [1.54, 1.807) is 0 Å². The third-order valence-corrected chi connectivity index (χ3v) is 3.42. The van der Waals surface area contributed by atoms with E-state index in [4.69, 9.17) is 0 Å². The third-order valence-electron chi connectivity index (χ3n) is 3.42. The SMILES string of the molecule is CNCC(C)C(=O)N(C)C(C)c1ccc(C)cc1.Cl. The number of halogens is 1. The van der Waals surface area contributed by atoms with Crippen LogP contribution in [0.5, 0.6) is 0 Å². The van der Waals surface area contributed by atoms with E-state index in [-0.39, 0.29) is 30.3 Å². The first-order chi connectivity index (χ1) is 8.47. The van der Waals surface area contributed by atoms with Gasteiger partial charge in [-0.1, -0.05) is 36.8 Å². The van der Waals surface area contributed by atoms with Gasteiger partial charge in [0.2, 0.25) is 5.91 Å². The molecule has 2 unspecified atom stereocenters. The lowest BCUT2D eigenvalue weighted by Gasteiger charge is -2.28. The minimum Gasteiger partial charge on any atom is -0.339 e. The quantitative estimate of drug-likeness (QED) is 0.902. The summed E-state index contributed by atoms with van der Waals surface area (Å²) in [6, 6.07) is 8.46. The molecule has 1 rings (SSSR count). The highest BCUT2D eigenvalue weighted by atomic mass is 35.5. The van der Waals surface area contributed by atoms with E-state index >= 15 is 0 Å². The Labute approximate surface area is 122 Å². The van der Waals surface area contributed by atoms with Crippen LogP contribution in [0, 0.1) is 12.8 Å². The lowest BCUT2D eigenvalue weighted by molar-refractivity contribution is -0.135. The summed E-state index contributed by atoms with van der Waals surface area (Å²) in [4.78, 5) is 14.0. The third kappa shape index (κ3) is 4.84. The van der Waals surface area contributed by atoms with Crippen LogP contribution in [-0.2, 0) is 4.79 Å². The van der Waals surface area contributed by atoms with Gasteiger partial charge in [0.05, 0.1) is 6.04 Å². The molecule has 0 radical (unpaired) electrons. The maximum atomic E-state index is 12.2. The van der Waals surface area contributed by atoms with E-state index in [0.717, 1.165) is 0 Å². The molecule has 1 amide bonds. The first kappa shape index (κ1) is 17.9. The van der Waals surface area contributed by atoms with Crippen LogP contribution >= 0.6 is 12.4 Å². The summed E-state index contributed by atoms with van der Waals surface area (Å²) in [6.07, 6.45) is 0. The van der Waals surface area contributed by atoms with E-state index in [2.05, 4.69) is 43.4 Å². The van der Waals surface area contributed by atoms with Gasteiger partial charge in [-0.15, -0.1) is 12.4 Å². The maximum absolute atomic E-state index is 12.2. The molecule has 0 bridgehead atoms. The van der Waals surface area contributed by atoms with E-state index in [9.17, 15) is 4.79 Å². The number of carbonyl (C=O) groups is 1. The zero-order chi connectivity index (χ0) is 13.7. The second kappa shape index (κ2) is 8.18. The Kier molecular flexibility index (Phi) is 7.72. The van der Waals surface area contributed by atoms with Crippen molar-refractivity contribution in [1.82, 2.24) is 10.2 Å². The number of nitrogens with zero attached hydrogens (tertiary/aromatic N) is 1. The summed E-state index contributed by atoms with van der Waals surface area (Å²) in [6.45, 7) is 6.80. The fourth-order valence-electron chi connectivity index (χ4n) is 2.00. The minimum absolute atomic E-state index is 0. The number of benzene rings is 1. The maximum Gasteiger partial charge on any atom is 0.226 e. The van der Waals surface area contributed by atoms with Crippen LogP contribution in [0.2, 0.25) is 0 Å².